The number of aliphatic hydroxyl groups is 1. The zero-order valence-corrected chi connectivity index (χ0v) is 15.1. The minimum absolute atomic E-state index is 0.00888. The van der Waals surface area contributed by atoms with Crippen molar-refractivity contribution in [3.05, 3.63) is 35.4 Å². The van der Waals surface area contributed by atoms with Gasteiger partial charge < -0.3 is 15.3 Å². The zero-order valence-electron chi connectivity index (χ0n) is 15.1. The second-order valence-corrected chi connectivity index (χ2v) is 7.23. The van der Waals surface area contributed by atoms with Crippen LogP contribution in [-0.4, -0.2) is 47.6 Å². The molecule has 0 radical (unpaired) electrons. The van der Waals surface area contributed by atoms with Crippen molar-refractivity contribution >= 4 is 11.8 Å². The summed E-state index contributed by atoms with van der Waals surface area (Å²) in [6.07, 6.45) is 3.43. The van der Waals surface area contributed by atoms with Crippen LogP contribution in [0.25, 0.3) is 0 Å². The van der Waals surface area contributed by atoms with Gasteiger partial charge in [-0.3, -0.25) is 9.59 Å². The number of hydrogen-bond donors (Lipinski definition) is 2. The summed E-state index contributed by atoms with van der Waals surface area (Å²) in [6.45, 7) is 5.39. The molecule has 0 saturated heterocycles. The van der Waals surface area contributed by atoms with Gasteiger partial charge >= 0.3 is 0 Å². The first-order valence-corrected chi connectivity index (χ1v) is 9.40. The third-order valence-electron chi connectivity index (χ3n) is 6.04. The fourth-order valence-corrected chi connectivity index (χ4v) is 4.59. The van der Waals surface area contributed by atoms with Gasteiger partial charge in [-0.2, -0.15) is 0 Å². The molecule has 1 aromatic carbocycles. The Morgan fingerprint density at radius 2 is 1.68 bits per heavy atom. The van der Waals surface area contributed by atoms with E-state index in [-0.39, 0.29) is 30.4 Å². The second kappa shape index (κ2) is 7.56. The van der Waals surface area contributed by atoms with Crippen LogP contribution in [-0.2, 0) is 0 Å². The molecular weight excluding hydrogens is 316 g/mol. The van der Waals surface area contributed by atoms with Crippen molar-refractivity contribution < 1.29 is 14.7 Å². The smallest absolute Gasteiger partial charge is 0.253 e. The summed E-state index contributed by atoms with van der Waals surface area (Å²) in [6, 6.07) is 6.95. The summed E-state index contributed by atoms with van der Waals surface area (Å²) in [7, 11) is 0. The maximum Gasteiger partial charge on any atom is 0.253 e. The largest absolute Gasteiger partial charge is 0.396 e. The molecule has 0 spiro atoms. The summed E-state index contributed by atoms with van der Waals surface area (Å²) in [4.78, 5) is 26.7. The van der Waals surface area contributed by atoms with Gasteiger partial charge in [0.1, 0.15) is 0 Å². The van der Waals surface area contributed by atoms with Crippen LogP contribution >= 0.6 is 0 Å². The highest BCUT2D eigenvalue weighted by Crippen LogP contribution is 2.48. The highest BCUT2D eigenvalue weighted by atomic mass is 16.3. The summed E-state index contributed by atoms with van der Waals surface area (Å²) in [5.41, 5.74) is 1.17. The number of carbonyl (C=O) groups excluding carboxylic acids is 2. The highest BCUT2D eigenvalue weighted by Gasteiger charge is 2.47. The lowest BCUT2D eigenvalue weighted by atomic mass is 9.85. The van der Waals surface area contributed by atoms with Crippen molar-refractivity contribution in [2.45, 2.75) is 39.2 Å². The Morgan fingerprint density at radius 1 is 1.08 bits per heavy atom. The highest BCUT2D eigenvalue weighted by molar-refractivity contribution is 5.98. The van der Waals surface area contributed by atoms with Gasteiger partial charge in [0.05, 0.1) is 0 Å². The van der Waals surface area contributed by atoms with E-state index in [1.54, 1.807) is 29.2 Å². The monoisotopic (exact) mass is 344 g/mol. The van der Waals surface area contributed by atoms with E-state index in [2.05, 4.69) is 5.32 Å². The normalized spacial score (nSPS) is 27.3. The molecule has 0 aliphatic heterocycles. The molecule has 2 N–H and O–H groups in total. The predicted octanol–water partition coefficient (Wildman–Crippen LogP) is 2.31. The van der Waals surface area contributed by atoms with E-state index in [9.17, 15) is 14.7 Å². The second-order valence-electron chi connectivity index (χ2n) is 7.23. The first-order valence-electron chi connectivity index (χ1n) is 9.40. The summed E-state index contributed by atoms with van der Waals surface area (Å²) in [5, 5.41) is 12.8. The lowest BCUT2D eigenvalue weighted by Crippen LogP contribution is -2.45. The number of nitrogens with one attached hydrogen (secondary N) is 1. The van der Waals surface area contributed by atoms with Crippen molar-refractivity contribution in [2.24, 2.45) is 17.8 Å². The first-order chi connectivity index (χ1) is 12.1. The van der Waals surface area contributed by atoms with Gasteiger partial charge in [-0.05, 0) is 69.2 Å². The van der Waals surface area contributed by atoms with Gasteiger partial charge in [-0.1, -0.05) is 0 Å². The third kappa shape index (κ3) is 3.43. The predicted molar refractivity (Wildman–Crippen MR) is 96.4 cm³/mol. The van der Waals surface area contributed by atoms with Gasteiger partial charge in [0.25, 0.3) is 11.8 Å². The Labute approximate surface area is 149 Å². The standard InChI is InChI=1S/C20H28N2O3/c1-3-22(4-2)20(25)14-7-5-13(6-8-14)19(24)21-18-16-10-9-15(11-16)17(18)12-23/h5-8,15-18,23H,3-4,9-12H2,1-2H3,(H,21,24). The molecule has 25 heavy (non-hydrogen) atoms. The number of amides is 2. The Morgan fingerprint density at radius 3 is 2.28 bits per heavy atom. The molecule has 4 atom stereocenters. The molecule has 5 heteroatoms. The Hall–Kier alpha value is -1.88. The van der Waals surface area contributed by atoms with E-state index in [1.807, 2.05) is 13.8 Å². The van der Waals surface area contributed by atoms with Crippen LogP contribution in [0, 0.1) is 17.8 Å². The third-order valence-corrected chi connectivity index (χ3v) is 6.04. The molecule has 0 heterocycles. The minimum atomic E-state index is -0.113. The van der Waals surface area contributed by atoms with E-state index in [0.29, 0.717) is 36.1 Å². The molecule has 2 fully saturated rings. The fourth-order valence-electron chi connectivity index (χ4n) is 4.59. The van der Waals surface area contributed by atoms with E-state index < -0.39 is 0 Å². The van der Waals surface area contributed by atoms with Gasteiger partial charge in [-0.15, -0.1) is 0 Å². The average Bonchev–Trinajstić information content (AvgIpc) is 3.24. The number of rotatable bonds is 6. The first kappa shape index (κ1) is 17.9. The molecule has 0 aromatic heterocycles. The minimum Gasteiger partial charge on any atom is -0.396 e. The Bertz CT molecular complexity index is 624. The summed E-state index contributed by atoms with van der Waals surface area (Å²) >= 11 is 0. The lowest BCUT2D eigenvalue weighted by molar-refractivity contribution is 0.0771. The number of nitrogens with zero attached hydrogens (tertiary/aromatic N) is 1. The molecule has 2 aliphatic rings. The Balaban J connectivity index is 1.66. The fraction of sp³-hybridized carbons (Fsp3) is 0.600. The maximum atomic E-state index is 12.6. The van der Waals surface area contributed by atoms with Crippen LogP contribution in [0.15, 0.2) is 24.3 Å². The van der Waals surface area contributed by atoms with Crippen LogP contribution in [0.2, 0.25) is 0 Å². The van der Waals surface area contributed by atoms with E-state index in [0.717, 1.165) is 12.8 Å². The number of aliphatic hydroxyl groups excluding tert-OH is 1. The number of carbonyl (C=O) groups is 2. The van der Waals surface area contributed by atoms with Crippen LogP contribution < -0.4 is 5.32 Å². The molecule has 2 aliphatic carbocycles. The van der Waals surface area contributed by atoms with Gasteiger partial charge in [0.2, 0.25) is 0 Å². The molecule has 136 valence electrons. The zero-order chi connectivity index (χ0) is 18.0. The summed E-state index contributed by atoms with van der Waals surface area (Å²) < 4.78 is 0. The molecular formula is C20H28N2O3. The lowest BCUT2D eigenvalue weighted by Gasteiger charge is -2.30. The van der Waals surface area contributed by atoms with Crippen molar-refractivity contribution in [2.75, 3.05) is 19.7 Å². The molecule has 3 rings (SSSR count). The topological polar surface area (TPSA) is 69.6 Å². The molecule has 2 saturated carbocycles. The van der Waals surface area contributed by atoms with E-state index in [4.69, 9.17) is 0 Å². The van der Waals surface area contributed by atoms with Crippen LogP contribution in [0.3, 0.4) is 0 Å². The summed E-state index contributed by atoms with van der Waals surface area (Å²) in [5.74, 6) is 1.11. The molecule has 2 amide bonds. The van der Waals surface area contributed by atoms with Gasteiger partial charge in [-0.25, -0.2) is 0 Å². The number of hydrogen-bond acceptors (Lipinski definition) is 3. The van der Waals surface area contributed by atoms with Gasteiger partial charge in [0.15, 0.2) is 0 Å². The number of fused-ring (bicyclic) bond motifs is 2. The van der Waals surface area contributed by atoms with Crippen molar-refractivity contribution in [3.8, 4) is 0 Å². The van der Waals surface area contributed by atoms with Crippen molar-refractivity contribution in [3.63, 3.8) is 0 Å². The van der Waals surface area contributed by atoms with E-state index in [1.165, 1.54) is 6.42 Å². The quantitative estimate of drug-likeness (QED) is 0.832. The van der Waals surface area contributed by atoms with E-state index >= 15 is 0 Å². The van der Waals surface area contributed by atoms with Crippen LogP contribution in [0.1, 0.15) is 53.8 Å². The Kier molecular flexibility index (Phi) is 5.42. The SMILES string of the molecule is CCN(CC)C(=O)c1ccc(C(=O)NC2C3CCC(C3)C2CO)cc1. The van der Waals surface area contributed by atoms with Crippen LogP contribution in [0.5, 0.6) is 0 Å². The van der Waals surface area contributed by atoms with Gasteiger partial charge in [0, 0.05) is 42.8 Å². The molecule has 5 nitrogen and oxygen atoms in total. The number of benzene rings is 1. The molecule has 2 bridgehead atoms. The van der Waals surface area contributed by atoms with Crippen molar-refractivity contribution in [1.82, 2.24) is 10.2 Å². The average molecular weight is 344 g/mol. The molecule has 4 unspecified atom stereocenters. The van der Waals surface area contributed by atoms with Crippen LogP contribution in [0.4, 0.5) is 0 Å². The van der Waals surface area contributed by atoms with Crippen molar-refractivity contribution in [1.29, 1.82) is 0 Å². The maximum absolute atomic E-state index is 12.6. The molecule has 1 aromatic rings.